The summed E-state index contributed by atoms with van der Waals surface area (Å²) < 4.78 is 0. The zero-order valence-electron chi connectivity index (χ0n) is 9.16. The van der Waals surface area contributed by atoms with E-state index in [1.807, 2.05) is 20.8 Å². The van der Waals surface area contributed by atoms with Crippen LogP contribution in [0.2, 0.25) is 0 Å². The SMILES string of the molecule is CCCN(CCO)C(=O)C(Br)C(C)C. The third-order valence-corrected chi connectivity index (χ3v) is 3.45. The summed E-state index contributed by atoms with van der Waals surface area (Å²) in [4.78, 5) is 13.4. The highest BCUT2D eigenvalue weighted by molar-refractivity contribution is 9.10. The van der Waals surface area contributed by atoms with Crippen LogP contribution < -0.4 is 0 Å². The molecular weight excluding hydrogens is 246 g/mol. The molecule has 0 aromatic carbocycles. The van der Waals surface area contributed by atoms with E-state index in [4.69, 9.17) is 5.11 Å². The molecule has 0 radical (unpaired) electrons. The number of aliphatic hydroxyl groups excluding tert-OH is 1. The Kier molecular flexibility index (Phi) is 7.19. The van der Waals surface area contributed by atoms with Crippen LogP contribution in [-0.2, 0) is 4.79 Å². The van der Waals surface area contributed by atoms with Gasteiger partial charge in [-0.25, -0.2) is 0 Å². The lowest BCUT2D eigenvalue weighted by molar-refractivity contribution is -0.131. The van der Waals surface area contributed by atoms with E-state index in [0.717, 1.165) is 6.42 Å². The molecule has 0 rings (SSSR count). The van der Waals surface area contributed by atoms with Crippen LogP contribution in [0.15, 0.2) is 0 Å². The molecule has 1 unspecified atom stereocenters. The zero-order valence-corrected chi connectivity index (χ0v) is 10.7. The molecule has 4 heteroatoms. The number of nitrogens with zero attached hydrogens (tertiary/aromatic N) is 1. The van der Waals surface area contributed by atoms with E-state index in [9.17, 15) is 4.79 Å². The highest BCUT2D eigenvalue weighted by Crippen LogP contribution is 2.15. The van der Waals surface area contributed by atoms with Crippen LogP contribution in [0, 0.1) is 5.92 Å². The lowest BCUT2D eigenvalue weighted by Gasteiger charge is -2.25. The van der Waals surface area contributed by atoms with E-state index in [1.54, 1.807) is 4.90 Å². The normalized spacial score (nSPS) is 13.0. The van der Waals surface area contributed by atoms with E-state index in [-0.39, 0.29) is 23.3 Å². The predicted molar refractivity (Wildman–Crippen MR) is 61.5 cm³/mol. The van der Waals surface area contributed by atoms with Gasteiger partial charge < -0.3 is 10.0 Å². The van der Waals surface area contributed by atoms with Gasteiger partial charge in [-0.15, -0.1) is 0 Å². The number of carbonyl (C=O) groups is 1. The van der Waals surface area contributed by atoms with Crippen molar-refractivity contribution in [3.05, 3.63) is 0 Å². The highest BCUT2D eigenvalue weighted by Gasteiger charge is 2.23. The van der Waals surface area contributed by atoms with Crippen LogP contribution in [0.4, 0.5) is 0 Å². The zero-order chi connectivity index (χ0) is 11.1. The highest BCUT2D eigenvalue weighted by atomic mass is 79.9. The van der Waals surface area contributed by atoms with Gasteiger partial charge >= 0.3 is 0 Å². The van der Waals surface area contributed by atoms with Crippen molar-refractivity contribution in [3.63, 3.8) is 0 Å². The first kappa shape index (κ1) is 13.9. The number of aliphatic hydroxyl groups is 1. The van der Waals surface area contributed by atoms with Crippen molar-refractivity contribution < 1.29 is 9.90 Å². The molecule has 3 nitrogen and oxygen atoms in total. The molecule has 84 valence electrons. The summed E-state index contributed by atoms with van der Waals surface area (Å²) in [6, 6.07) is 0. The summed E-state index contributed by atoms with van der Waals surface area (Å²) in [5.74, 6) is 0.358. The van der Waals surface area contributed by atoms with Crippen molar-refractivity contribution >= 4 is 21.8 Å². The van der Waals surface area contributed by atoms with Crippen molar-refractivity contribution in [2.45, 2.75) is 32.0 Å². The van der Waals surface area contributed by atoms with Crippen LogP contribution in [0.25, 0.3) is 0 Å². The summed E-state index contributed by atoms with van der Waals surface area (Å²) in [7, 11) is 0. The number of hydrogen-bond donors (Lipinski definition) is 1. The van der Waals surface area contributed by atoms with Crippen LogP contribution in [-0.4, -0.2) is 40.4 Å². The topological polar surface area (TPSA) is 40.5 Å². The van der Waals surface area contributed by atoms with E-state index in [0.29, 0.717) is 13.1 Å². The molecule has 0 fully saturated rings. The molecule has 0 aliphatic carbocycles. The molecule has 0 bridgehead atoms. The largest absolute Gasteiger partial charge is 0.395 e. The van der Waals surface area contributed by atoms with Gasteiger partial charge in [0.05, 0.1) is 11.4 Å². The van der Waals surface area contributed by atoms with E-state index >= 15 is 0 Å². The Morgan fingerprint density at radius 2 is 2.00 bits per heavy atom. The van der Waals surface area contributed by atoms with Gasteiger partial charge in [0.15, 0.2) is 0 Å². The van der Waals surface area contributed by atoms with Crippen molar-refractivity contribution in [2.75, 3.05) is 19.7 Å². The Morgan fingerprint density at radius 3 is 2.36 bits per heavy atom. The molecule has 0 saturated carbocycles. The van der Waals surface area contributed by atoms with Gasteiger partial charge in [-0.05, 0) is 12.3 Å². The molecule has 1 atom stereocenters. The van der Waals surface area contributed by atoms with Gasteiger partial charge in [-0.1, -0.05) is 36.7 Å². The standard InChI is InChI=1S/C10H20BrNO2/c1-4-5-12(6-7-13)10(14)9(11)8(2)3/h8-9,13H,4-7H2,1-3H3. The molecular formula is C10H20BrNO2. The first-order valence-electron chi connectivity index (χ1n) is 5.08. The third kappa shape index (κ3) is 4.42. The minimum Gasteiger partial charge on any atom is -0.395 e. The summed E-state index contributed by atoms with van der Waals surface area (Å²) in [6.45, 7) is 7.20. The first-order valence-corrected chi connectivity index (χ1v) is 5.99. The average molecular weight is 266 g/mol. The lowest BCUT2D eigenvalue weighted by Crippen LogP contribution is -2.40. The molecule has 0 saturated heterocycles. The van der Waals surface area contributed by atoms with Crippen molar-refractivity contribution in [3.8, 4) is 0 Å². The minimum absolute atomic E-state index is 0.0313. The Labute approximate surface area is 94.6 Å². The maximum atomic E-state index is 11.8. The second-order valence-electron chi connectivity index (χ2n) is 3.69. The maximum Gasteiger partial charge on any atom is 0.236 e. The Hall–Kier alpha value is -0.0900. The molecule has 1 N–H and O–H groups in total. The quantitative estimate of drug-likeness (QED) is 0.742. The molecule has 0 aromatic heterocycles. The van der Waals surface area contributed by atoms with Crippen LogP contribution in [0.3, 0.4) is 0 Å². The van der Waals surface area contributed by atoms with Crippen molar-refractivity contribution in [2.24, 2.45) is 5.92 Å². The minimum atomic E-state index is -0.138. The number of amides is 1. The summed E-state index contributed by atoms with van der Waals surface area (Å²) in [5, 5.41) is 8.82. The monoisotopic (exact) mass is 265 g/mol. The summed E-state index contributed by atoms with van der Waals surface area (Å²) in [6.07, 6.45) is 0.920. The summed E-state index contributed by atoms with van der Waals surface area (Å²) >= 11 is 3.38. The molecule has 0 aromatic rings. The average Bonchev–Trinajstić information content (AvgIpc) is 2.15. The Morgan fingerprint density at radius 1 is 1.43 bits per heavy atom. The Balaban J connectivity index is 4.26. The van der Waals surface area contributed by atoms with Crippen molar-refractivity contribution in [1.29, 1.82) is 0 Å². The number of hydrogen-bond acceptors (Lipinski definition) is 2. The van der Waals surface area contributed by atoms with Gasteiger partial charge in [-0.3, -0.25) is 4.79 Å². The fraction of sp³-hybridized carbons (Fsp3) is 0.900. The van der Waals surface area contributed by atoms with E-state index in [2.05, 4.69) is 15.9 Å². The second-order valence-corrected chi connectivity index (χ2v) is 4.68. The van der Waals surface area contributed by atoms with Gasteiger partial charge in [0.2, 0.25) is 5.91 Å². The lowest BCUT2D eigenvalue weighted by atomic mass is 10.1. The molecule has 0 aliphatic rings. The molecule has 14 heavy (non-hydrogen) atoms. The maximum absolute atomic E-state index is 11.8. The number of alkyl halides is 1. The smallest absolute Gasteiger partial charge is 0.236 e. The molecule has 0 aliphatic heterocycles. The van der Waals surface area contributed by atoms with Gasteiger partial charge in [0.1, 0.15) is 0 Å². The van der Waals surface area contributed by atoms with Crippen molar-refractivity contribution in [1.82, 2.24) is 4.90 Å². The van der Waals surface area contributed by atoms with Gasteiger partial charge in [0.25, 0.3) is 0 Å². The van der Waals surface area contributed by atoms with Gasteiger partial charge in [-0.2, -0.15) is 0 Å². The number of rotatable bonds is 6. The van der Waals surface area contributed by atoms with E-state index in [1.165, 1.54) is 0 Å². The summed E-state index contributed by atoms with van der Waals surface area (Å²) in [5.41, 5.74) is 0. The fourth-order valence-corrected chi connectivity index (χ4v) is 1.47. The molecule has 0 spiro atoms. The van der Waals surface area contributed by atoms with Crippen LogP contribution in [0.1, 0.15) is 27.2 Å². The van der Waals surface area contributed by atoms with Crippen LogP contribution in [0.5, 0.6) is 0 Å². The third-order valence-electron chi connectivity index (χ3n) is 2.00. The molecule has 1 amide bonds. The number of carbonyl (C=O) groups excluding carboxylic acids is 1. The van der Waals surface area contributed by atoms with E-state index < -0.39 is 0 Å². The first-order chi connectivity index (χ1) is 6.54. The number of halogens is 1. The van der Waals surface area contributed by atoms with Gasteiger partial charge in [0, 0.05) is 13.1 Å². The second kappa shape index (κ2) is 7.23. The van der Waals surface area contributed by atoms with Crippen LogP contribution >= 0.6 is 15.9 Å². The Bertz CT molecular complexity index is 168. The molecule has 0 heterocycles. The fourth-order valence-electron chi connectivity index (χ4n) is 1.18. The predicted octanol–water partition coefficient (Wildman–Crippen LogP) is 1.64.